The quantitative estimate of drug-likeness (QED) is 0.0244. The highest BCUT2D eigenvalue weighted by molar-refractivity contribution is 5.76. The molecule has 0 heterocycles. The molecule has 0 aromatic heterocycles. The van der Waals surface area contributed by atoms with Crippen LogP contribution in [0.15, 0.2) is 48.6 Å². The van der Waals surface area contributed by atoms with Gasteiger partial charge in [0.25, 0.3) is 0 Å². The number of hydrogen-bond donors (Lipinski definition) is 3. The number of aliphatic hydroxyl groups is 2. The number of allylic oxidation sites excluding steroid dienone is 8. The van der Waals surface area contributed by atoms with Crippen molar-refractivity contribution in [1.29, 1.82) is 0 Å². The standard InChI is InChI=1S/C61H113NO5/c1-3-5-7-9-11-13-15-17-19-20-21-22-23-26-29-33-37-41-45-49-53-59(64)58(57-63)62-60(65)54-50-46-42-38-34-30-27-24-28-32-36-40-44-48-52-56-67-61(66)55-51-47-43-39-35-31-25-18-16-14-12-10-8-6-4-2/h12,14,18,24-25,28,32,36,58-59,63-64H,3-11,13,15-17,19-23,26-27,29-31,33-35,37-57H2,1-2H3,(H,62,65)/b14-12-,25-18-,28-24-,36-32-. The van der Waals surface area contributed by atoms with Gasteiger partial charge in [-0.2, -0.15) is 0 Å². The zero-order valence-corrected chi connectivity index (χ0v) is 44.6. The Balaban J connectivity index is 3.53. The number of nitrogens with one attached hydrogen (secondary N) is 1. The SMILES string of the molecule is CCCCC/C=C\C/C=C\CCCCCCCC(=O)OCCCCC/C=C\C=C/CCCCCCCCC(=O)NC(CO)C(O)CCCCCCCCCCCCCCCCCCCCCC. The monoisotopic (exact) mass is 940 g/mol. The first-order chi connectivity index (χ1) is 33.0. The molecule has 0 spiro atoms. The van der Waals surface area contributed by atoms with Crippen molar-refractivity contribution in [2.24, 2.45) is 0 Å². The van der Waals surface area contributed by atoms with E-state index in [0.717, 1.165) is 89.9 Å². The minimum absolute atomic E-state index is 0.0357. The number of hydrogen-bond acceptors (Lipinski definition) is 5. The summed E-state index contributed by atoms with van der Waals surface area (Å²) in [7, 11) is 0. The fourth-order valence-corrected chi connectivity index (χ4v) is 8.84. The van der Waals surface area contributed by atoms with Crippen molar-refractivity contribution in [2.75, 3.05) is 13.2 Å². The molecule has 0 aromatic carbocycles. The van der Waals surface area contributed by atoms with Gasteiger partial charge in [0.1, 0.15) is 0 Å². The van der Waals surface area contributed by atoms with Crippen LogP contribution in [0.2, 0.25) is 0 Å². The maximum atomic E-state index is 12.5. The molecule has 0 rings (SSSR count). The lowest BCUT2D eigenvalue weighted by Crippen LogP contribution is -2.45. The van der Waals surface area contributed by atoms with Crippen LogP contribution in [0.1, 0.15) is 303 Å². The maximum Gasteiger partial charge on any atom is 0.305 e. The van der Waals surface area contributed by atoms with E-state index in [1.165, 1.54) is 180 Å². The third-order valence-corrected chi connectivity index (χ3v) is 13.4. The summed E-state index contributed by atoms with van der Waals surface area (Å²) in [5, 5.41) is 23.3. The lowest BCUT2D eigenvalue weighted by atomic mass is 10.0. The number of amides is 1. The van der Waals surface area contributed by atoms with Gasteiger partial charge < -0.3 is 20.3 Å². The topological polar surface area (TPSA) is 95.9 Å². The summed E-state index contributed by atoms with van der Waals surface area (Å²) < 4.78 is 5.44. The van der Waals surface area contributed by atoms with Crippen LogP contribution in [-0.2, 0) is 14.3 Å². The second-order valence-corrected chi connectivity index (χ2v) is 20.0. The average molecular weight is 941 g/mol. The van der Waals surface area contributed by atoms with Gasteiger partial charge in [-0.25, -0.2) is 0 Å². The van der Waals surface area contributed by atoms with Crippen LogP contribution in [-0.4, -0.2) is 47.4 Å². The molecule has 0 aromatic rings. The van der Waals surface area contributed by atoms with Crippen molar-refractivity contribution in [3.63, 3.8) is 0 Å². The Bertz CT molecular complexity index is 1130. The Morgan fingerprint density at radius 1 is 0.433 bits per heavy atom. The first-order valence-corrected chi connectivity index (χ1v) is 29.4. The maximum absolute atomic E-state index is 12.5. The lowest BCUT2D eigenvalue weighted by molar-refractivity contribution is -0.143. The van der Waals surface area contributed by atoms with Crippen molar-refractivity contribution in [3.8, 4) is 0 Å². The third kappa shape index (κ3) is 53.0. The van der Waals surface area contributed by atoms with Crippen molar-refractivity contribution in [2.45, 2.75) is 315 Å². The van der Waals surface area contributed by atoms with Crippen LogP contribution in [0, 0.1) is 0 Å². The molecule has 6 nitrogen and oxygen atoms in total. The fourth-order valence-electron chi connectivity index (χ4n) is 8.84. The summed E-state index contributed by atoms with van der Waals surface area (Å²) in [4.78, 5) is 24.5. The van der Waals surface area contributed by atoms with Crippen LogP contribution in [0.3, 0.4) is 0 Å². The van der Waals surface area contributed by atoms with Crippen LogP contribution in [0.4, 0.5) is 0 Å². The molecule has 2 atom stereocenters. The van der Waals surface area contributed by atoms with E-state index in [1.807, 2.05) is 0 Å². The van der Waals surface area contributed by atoms with Gasteiger partial charge in [-0.3, -0.25) is 9.59 Å². The predicted octanol–water partition coefficient (Wildman–Crippen LogP) is 18.2. The van der Waals surface area contributed by atoms with Gasteiger partial charge in [0.05, 0.1) is 25.4 Å². The molecule has 6 heteroatoms. The number of rotatable bonds is 54. The molecule has 67 heavy (non-hydrogen) atoms. The Kier molecular flexibility index (Phi) is 54.6. The van der Waals surface area contributed by atoms with Gasteiger partial charge in [0, 0.05) is 12.8 Å². The number of unbranched alkanes of at least 4 members (excludes halogenated alkanes) is 36. The molecule has 0 radical (unpaired) electrons. The highest BCUT2D eigenvalue weighted by Gasteiger charge is 2.20. The second kappa shape index (κ2) is 56.4. The summed E-state index contributed by atoms with van der Waals surface area (Å²) in [6.07, 6.45) is 71.0. The van der Waals surface area contributed by atoms with E-state index in [2.05, 4.69) is 67.8 Å². The summed E-state index contributed by atoms with van der Waals surface area (Å²) in [5.41, 5.74) is 0. The Labute approximate surface area is 416 Å². The van der Waals surface area contributed by atoms with Crippen LogP contribution >= 0.6 is 0 Å². The van der Waals surface area contributed by atoms with Gasteiger partial charge in [0.15, 0.2) is 0 Å². The molecular weight excluding hydrogens is 827 g/mol. The molecule has 0 bridgehead atoms. The van der Waals surface area contributed by atoms with Crippen LogP contribution < -0.4 is 5.32 Å². The Morgan fingerprint density at radius 2 is 0.791 bits per heavy atom. The van der Waals surface area contributed by atoms with Gasteiger partial charge in [-0.05, 0) is 89.9 Å². The van der Waals surface area contributed by atoms with Gasteiger partial charge >= 0.3 is 5.97 Å². The summed E-state index contributed by atoms with van der Waals surface area (Å²) >= 11 is 0. The average Bonchev–Trinajstić information content (AvgIpc) is 3.33. The van der Waals surface area contributed by atoms with Crippen molar-refractivity contribution in [1.82, 2.24) is 5.32 Å². The lowest BCUT2D eigenvalue weighted by Gasteiger charge is -2.22. The number of carbonyl (C=O) groups excluding carboxylic acids is 2. The molecule has 2 unspecified atom stereocenters. The normalized spacial score (nSPS) is 13.0. The number of esters is 1. The fraction of sp³-hybridized carbons (Fsp3) is 0.836. The molecule has 0 fully saturated rings. The van der Waals surface area contributed by atoms with E-state index in [9.17, 15) is 19.8 Å². The zero-order chi connectivity index (χ0) is 48.6. The first kappa shape index (κ1) is 64.8. The summed E-state index contributed by atoms with van der Waals surface area (Å²) in [5.74, 6) is -0.0924. The number of ether oxygens (including phenoxy) is 1. The molecule has 0 saturated heterocycles. The first-order valence-electron chi connectivity index (χ1n) is 29.4. The number of carbonyl (C=O) groups is 2. The van der Waals surface area contributed by atoms with Crippen LogP contribution in [0.5, 0.6) is 0 Å². The minimum atomic E-state index is -0.681. The Morgan fingerprint density at radius 3 is 1.25 bits per heavy atom. The zero-order valence-electron chi connectivity index (χ0n) is 44.6. The van der Waals surface area contributed by atoms with Gasteiger partial charge in [-0.15, -0.1) is 0 Å². The smallest absolute Gasteiger partial charge is 0.305 e. The van der Waals surface area contributed by atoms with Gasteiger partial charge in [-0.1, -0.05) is 249 Å². The van der Waals surface area contributed by atoms with E-state index >= 15 is 0 Å². The predicted molar refractivity (Wildman–Crippen MR) is 292 cm³/mol. The summed E-state index contributed by atoms with van der Waals surface area (Å²) in [6, 6.07) is -0.560. The van der Waals surface area contributed by atoms with E-state index in [0.29, 0.717) is 25.9 Å². The minimum Gasteiger partial charge on any atom is -0.466 e. The summed E-state index contributed by atoms with van der Waals surface area (Å²) in [6.45, 7) is 4.87. The van der Waals surface area contributed by atoms with Crippen molar-refractivity contribution in [3.05, 3.63) is 48.6 Å². The molecule has 3 N–H and O–H groups in total. The van der Waals surface area contributed by atoms with E-state index < -0.39 is 12.1 Å². The number of aliphatic hydroxyl groups excluding tert-OH is 2. The molecule has 0 aliphatic rings. The highest BCUT2D eigenvalue weighted by Crippen LogP contribution is 2.17. The molecule has 0 saturated carbocycles. The van der Waals surface area contributed by atoms with Crippen molar-refractivity contribution < 1.29 is 24.5 Å². The van der Waals surface area contributed by atoms with Crippen molar-refractivity contribution >= 4 is 11.9 Å². The van der Waals surface area contributed by atoms with Gasteiger partial charge in [0.2, 0.25) is 5.91 Å². The van der Waals surface area contributed by atoms with Crippen LogP contribution in [0.25, 0.3) is 0 Å². The van der Waals surface area contributed by atoms with E-state index in [1.54, 1.807) is 0 Å². The molecule has 1 amide bonds. The van der Waals surface area contributed by atoms with E-state index in [-0.39, 0.29) is 18.5 Å². The second-order valence-electron chi connectivity index (χ2n) is 20.0. The largest absolute Gasteiger partial charge is 0.466 e. The molecule has 392 valence electrons. The molecule has 0 aliphatic carbocycles. The van der Waals surface area contributed by atoms with E-state index in [4.69, 9.17) is 4.74 Å². The highest BCUT2D eigenvalue weighted by atomic mass is 16.5. The third-order valence-electron chi connectivity index (χ3n) is 13.4. The molecule has 0 aliphatic heterocycles. The Hall–Kier alpha value is -2.18. The molecular formula is C61H113NO5.